The fourth-order valence-corrected chi connectivity index (χ4v) is 12.5. The quantitative estimate of drug-likeness (QED) is 0.148. The molecule has 2 aromatic heterocycles. The third kappa shape index (κ3) is 5.32. The summed E-state index contributed by atoms with van der Waals surface area (Å²) in [5.74, 6) is -0.0751. The van der Waals surface area contributed by atoms with E-state index >= 15 is 0 Å². The van der Waals surface area contributed by atoms with Crippen LogP contribution in [0, 0.1) is 41.5 Å². The van der Waals surface area contributed by atoms with Crippen molar-refractivity contribution >= 4 is 66.9 Å². The Balaban J connectivity index is 1.33. The van der Waals surface area contributed by atoms with Crippen LogP contribution < -0.4 is 10.9 Å². The molecule has 0 bridgehead atoms. The molecule has 0 spiro atoms. The first kappa shape index (κ1) is 37.6. The summed E-state index contributed by atoms with van der Waals surface area (Å²) in [5, 5.41) is 5.06. The zero-order chi connectivity index (χ0) is 42.7. The number of aryl methyl sites for hydroxylation is 6. The number of fused-ring (bicyclic) bond motifs is 9. The summed E-state index contributed by atoms with van der Waals surface area (Å²) < 4.78 is 5.40. The summed E-state index contributed by atoms with van der Waals surface area (Å²) in [5.41, 5.74) is 22.7. The molecule has 1 unspecified atom stereocenters. The third-order valence-corrected chi connectivity index (χ3v) is 14.5. The van der Waals surface area contributed by atoms with Crippen LogP contribution >= 0.6 is 0 Å². The molecule has 8 aromatic carbocycles. The van der Waals surface area contributed by atoms with Crippen LogP contribution in [0.15, 0.2) is 187 Å². The van der Waals surface area contributed by atoms with E-state index in [1.54, 1.807) is 0 Å². The lowest BCUT2D eigenvalue weighted by Gasteiger charge is -2.42. The average Bonchev–Trinajstić information content (AvgIpc) is 4.02. The Bertz CT molecular complexity index is 3350. The monoisotopic (exact) mass is 808 g/mol. The van der Waals surface area contributed by atoms with Crippen molar-refractivity contribution in [3.63, 3.8) is 0 Å². The van der Waals surface area contributed by atoms with Gasteiger partial charge < -0.3 is 9.13 Å². The molecule has 1 atom stereocenters. The minimum atomic E-state index is -0.761. The van der Waals surface area contributed by atoms with Gasteiger partial charge in [-0.3, -0.25) is 0 Å². The molecule has 0 amide bonds. The van der Waals surface area contributed by atoms with Crippen LogP contribution in [0.1, 0.15) is 50.4 Å². The fourth-order valence-electron chi connectivity index (χ4n) is 12.5. The van der Waals surface area contributed by atoms with E-state index in [2.05, 4.69) is 233 Å². The van der Waals surface area contributed by atoms with Gasteiger partial charge in [-0.25, -0.2) is 0 Å². The Kier molecular flexibility index (Phi) is 8.34. The molecule has 3 heteroatoms. The molecule has 0 N–H and O–H groups in total. The highest BCUT2D eigenvalue weighted by Crippen LogP contribution is 2.60. The van der Waals surface area contributed by atoms with Gasteiger partial charge in [0.1, 0.15) is 5.54 Å². The topological polar surface area (TPSA) is 9.86 Å². The second-order valence-corrected chi connectivity index (χ2v) is 18.4. The maximum atomic E-state index is 2.75. The number of aromatic nitrogens is 2. The first-order chi connectivity index (χ1) is 30.7. The summed E-state index contributed by atoms with van der Waals surface area (Å²) in [7, 11) is 0. The lowest BCUT2D eigenvalue weighted by molar-refractivity contribution is 0.450. The van der Waals surface area contributed by atoms with Crippen LogP contribution in [0.2, 0.25) is 0 Å². The highest BCUT2D eigenvalue weighted by atomic mass is 15.2. The number of rotatable bonds is 6. The highest BCUT2D eigenvalue weighted by molar-refractivity contribution is 6.92. The molecule has 0 aliphatic heterocycles. The largest absolute Gasteiger partial charge is 0.324 e. The van der Waals surface area contributed by atoms with Crippen molar-refractivity contribution in [1.82, 2.24) is 9.13 Å². The molecular weight excluding hydrogens is 759 g/mol. The molecule has 63 heavy (non-hydrogen) atoms. The van der Waals surface area contributed by atoms with Crippen LogP contribution in [-0.2, 0) is 5.54 Å². The molecule has 2 nitrogen and oxygen atoms in total. The van der Waals surface area contributed by atoms with E-state index in [0.29, 0.717) is 0 Å². The Labute approximate surface area is 370 Å². The summed E-state index contributed by atoms with van der Waals surface area (Å²) in [4.78, 5) is 0. The van der Waals surface area contributed by atoms with E-state index in [9.17, 15) is 0 Å². The number of hydrogen-bond acceptors (Lipinski definition) is 0. The summed E-state index contributed by atoms with van der Waals surface area (Å²) in [6.45, 7) is 13.8. The number of benzene rings is 8. The molecule has 0 saturated carbocycles. The Hall–Kier alpha value is -7.10. The van der Waals surface area contributed by atoms with Gasteiger partial charge in [0.25, 0.3) is 0 Å². The molecular formula is C60H49BN2. The van der Waals surface area contributed by atoms with Gasteiger partial charge in [-0.05, 0) is 94.1 Å². The highest BCUT2D eigenvalue weighted by Gasteiger charge is 2.53. The summed E-state index contributed by atoms with van der Waals surface area (Å²) in [6, 6.07) is 64.3. The van der Waals surface area contributed by atoms with Crippen molar-refractivity contribution in [1.29, 1.82) is 0 Å². The maximum absolute atomic E-state index is 2.75. The standard InChI is InChI=1S/C60H49BN2/c1-37-31-39(3)58(40(4)32-37)61(59-41(5)33-38(2)34-42(59)6)43-35-56(62-52-27-15-11-21-46(52)47-22-12-16-28-53(47)62)60(36-43,57-50-25-9-7-19-44(50)45-20-8-10-26-51(45)57)63-54-29-17-13-23-48(54)49-24-14-18-30-55(49)63/h7-36,57H,1-6H3. The van der Waals surface area contributed by atoms with Crippen molar-refractivity contribution in [3.05, 3.63) is 232 Å². The Morgan fingerprint density at radius 3 is 1.24 bits per heavy atom. The second kappa shape index (κ2) is 14.0. The van der Waals surface area contributed by atoms with Crippen LogP contribution in [0.4, 0.5) is 0 Å². The predicted octanol–water partition coefficient (Wildman–Crippen LogP) is 13.6. The van der Waals surface area contributed by atoms with Gasteiger partial charge in [0.05, 0.1) is 27.8 Å². The third-order valence-electron chi connectivity index (χ3n) is 14.5. The van der Waals surface area contributed by atoms with Crippen molar-refractivity contribution in [2.24, 2.45) is 0 Å². The lowest BCUT2D eigenvalue weighted by Crippen LogP contribution is -2.49. The van der Waals surface area contributed by atoms with Gasteiger partial charge >= 0.3 is 0 Å². The molecule has 2 aliphatic rings. The van der Waals surface area contributed by atoms with Crippen LogP contribution in [0.3, 0.4) is 0 Å². The molecule has 0 fully saturated rings. The van der Waals surface area contributed by atoms with Crippen molar-refractivity contribution in [3.8, 4) is 11.1 Å². The zero-order valence-electron chi connectivity index (χ0n) is 36.9. The first-order valence-electron chi connectivity index (χ1n) is 22.5. The normalized spacial score (nSPS) is 16.0. The molecule has 0 saturated heterocycles. The Morgan fingerprint density at radius 1 is 0.429 bits per heavy atom. The maximum Gasteiger partial charge on any atom is 0.242 e. The summed E-state index contributed by atoms with van der Waals surface area (Å²) >= 11 is 0. The average molecular weight is 809 g/mol. The molecule has 2 heterocycles. The Morgan fingerprint density at radius 2 is 0.794 bits per heavy atom. The van der Waals surface area contributed by atoms with Gasteiger partial charge in [0.2, 0.25) is 6.71 Å². The van der Waals surface area contributed by atoms with Crippen molar-refractivity contribution < 1.29 is 0 Å². The van der Waals surface area contributed by atoms with Gasteiger partial charge in [-0.15, -0.1) is 0 Å². The van der Waals surface area contributed by atoms with Crippen molar-refractivity contribution in [2.45, 2.75) is 53.0 Å². The molecule has 12 rings (SSSR count). The fraction of sp³-hybridized carbons (Fsp3) is 0.133. The molecule has 2 aliphatic carbocycles. The number of hydrogen-bond donors (Lipinski definition) is 0. The lowest BCUT2D eigenvalue weighted by atomic mass is 9.33. The van der Waals surface area contributed by atoms with Crippen LogP contribution in [-0.4, -0.2) is 15.8 Å². The van der Waals surface area contributed by atoms with E-state index in [0.717, 1.165) is 0 Å². The molecule has 10 aromatic rings. The van der Waals surface area contributed by atoms with Crippen LogP contribution in [0.5, 0.6) is 0 Å². The smallest absolute Gasteiger partial charge is 0.242 e. The second-order valence-electron chi connectivity index (χ2n) is 18.4. The summed E-state index contributed by atoms with van der Waals surface area (Å²) in [6.07, 6.45) is 5.38. The zero-order valence-corrected chi connectivity index (χ0v) is 36.9. The van der Waals surface area contributed by atoms with Crippen molar-refractivity contribution in [2.75, 3.05) is 0 Å². The van der Waals surface area contributed by atoms with Gasteiger partial charge in [0.15, 0.2) is 0 Å². The van der Waals surface area contributed by atoms with Gasteiger partial charge in [-0.2, -0.15) is 0 Å². The van der Waals surface area contributed by atoms with Gasteiger partial charge in [-0.1, -0.05) is 201 Å². The minimum Gasteiger partial charge on any atom is -0.324 e. The number of allylic oxidation sites excluding steroid dienone is 4. The van der Waals surface area contributed by atoms with E-state index in [4.69, 9.17) is 0 Å². The molecule has 302 valence electrons. The van der Waals surface area contributed by atoms with E-state index in [1.165, 1.54) is 121 Å². The number of para-hydroxylation sites is 4. The van der Waals surface area contributed by atoms with Gasteiger partial charge in [0, 0.05) is 27.5 Å². The minimum absolute atomic E-state index is 0.0313. The number of nitrogens with zero attached hydrogens (tertiary/aromatic N) is 2. The predicted molar refractivity (Wildman–Crippen MR) is 269 cm³/mol. The molecule has 0 radical (unpaired) electrons. The van der Waals surface area contributed by atoms with E-state index in [1.807, 2.05) is 0 Å². The van der Waals surface area contributed by atoms with Crippen LogP contribution in [0.25, 0.3) is 60.4 Å². The van der Waals surface area contributed by atoms with E-state index < -0.39 is 5.54 Å². The van der Waals surface area contributed by atoms with E-state index in [-0.39, 0.29) is 12.6 Å². The SMILES string of the molecule is Cc1cc(C)c(B(C2=CC(C3c4ccccc4-c4ccccc43)(n3c4ccccc4c4ccccc43)C(n3c4ccccc4c4ccccc43)=C2)c2c(C)cc(C)cc2C)c(C)c1. The first-order valence-corrected chi connectivity index (χ1v) is 22.5.